The van der Waals surface area contributed by atoms with Gasteiger partial charge in [0.05, 0.1) is 23.9 Å². The van der Waals surface area contributed by atoms with E-state index in [0.29, 0.717) is 5.56 Å². The second-order valence-electron chi connectivity index (χ2n) is 4.51. The van der Waals surface area contributed by atoms with Crippen molar-refractivity contribution in [2.45, 2.75) is 38.1 Å². The third kappa shape index (κ3) is 1.95. The Balaban J connectivity index is 2.09. The zero-order valence-electron chi connectivity index (χ0n) is 9.42. The number of aryl methyl sites for hydroxylation is 1. The summed E-state index contributed by atoms with van der Waals surface area (Å²) in [5.41, 5.74) is 0.893. The lowest BCUT2D eigenvalue weighted by molar-refractivity contribution is 0.0838. The van der Waals surface area contributed by atoms with Crippen LogP contribution in [0.1, 0.15) is 41.7 Å². The summed E-state index contributed by atoms with van der Waals surface area (Å²) in [6.07, 6.45) is 5.35. The van der Waals surface area contributed by atoms with Crippen LogP contribution in [0, 0.1) is 6.92 Å². The fourth-order valence-electron chi connectivity index (χ4n) is 2.26. The van der Waals surface area contributed by atoms with Crippen LogP contribution >= 0.6 is 0 Å². The standard InChI is InChI=1S/C11H17N3O2/c1-8-9(6-12-14-8)10(16)13-11(7-15)4-2-3-5-11/h6,15H,2-5,7H2,1H3,(H,12,14)(H,13,16). The zero-order chi connectivity index (χ0) is 11.6. The molecule has 0 atom stereocenters. The monoisotopic (exact) mass is 223 g/mol. The average molecular weight is 223 g/mol. The number of aliphatic hydroxyl groups is 1. The Morgan fingerprint density at radius 1 is 1.62 bits per heavy atom. The number of aromatic amines is 1. The van der Waals surface area contributed by atoms with Gasteiger partial charge in [0.2, 0.25) is 0 Å². The largest absolute Gasteiger partial charge is 0.394 e. The van der Waals surface area contributed by atoms with Gasteiger partial charge in [-0.1, -0.05) is 12.8 Å². The molecule has 1 aliphatic rings. The van der Waals surface area contributed by atoms with Crippen molar-refractivity contribution in [2.24, 2.45) is 0 Å². The average Bonchev–Trinajstić information content (AvgIpc) is 2.87. The maximum Gasteiger partial charge on any atom is 0.255 e. The van der Waals surface area contributed by atoms with Gasteiger partial charge in [0.25, 0.3) is 5.91 Å². The summed E-state index contributed by atoms with van der Waals surface area (Å²) in [6.45, 7) is 1.82. The molecule has 88 valence electrons. The van der Waals surface area contributed by atoms with Gasteiger partial charge >= 0.3 is 0 Å². The van der Waals surface area contributed by atoms with Crippen LogP contribution in [0.4, 0.5) is 0 Å². The van der Waals surface area contributed by atoms with E-state index in [1.807, 2.05) is 6.92 Å². The molecule has 1 amide bonds. The second kappa shape index (κ2) is 4.25. The van der Waals surface area contributed by atoms with Crippen LogP contribution in [0.2, 0.25) is 0 Å². The summed E-state index contributed by atoms with van der Waals surface area (Å²) >= 11 is 0. The van der Waals surface area contributed by atoms with Crippen molar-refractivity contribution in [3.05, 3.63) is 17.5 Å². The molecule has 1 aromatic rings. The van der Waals surface area contributed by atoms with E-state index in [-0.39, 0.29) is 12.5 Å². The van der Waals surface area contributed by atoms with E-state index in [1.165, 1.54) is 6.20 Å². The fourth-order valence-corrected chi connectivity index (χ4v) is 2.26. The summed E-state index contributed by atoms with van der Waals surface area (Å²) in [5, 5.41) is 18.9. The smallest absolute Gasteiger partial charge is 0.255 e. The summed E-state index contributed by atoms with van der Waals surface area (Å²) in [7, 11) is 0. The van der Waals surface area contributed by atoms with Gasteiger partial charge in [0.15, 0.2) is 0 Å². The lowest BCUT2D eigenvalue weighted by Gasteiger charge is -2.27. The first-order valence-electron chi connectivity index (χ1n) is 5.60. The van der Waals surface area contributed by atoms with E-state index in [2.05, 4.69) is 15.5 Å². The van der Waals surface area contributed by atoms with E-state index in [0.717, 1.165) is 31.4 Å². The molecule has 0 bridgehead atoms. The van der Waals surface area contributed by atoms with Crippen molar-refractivity contribution in [1.82, 2.24) is 15.5 Å². The van der Waals surface area contributed by atoms with Crippen LogP contribution in [-0.4, -0.2) is 33.4 Å². The molecular formula is C11H17N3O2. The maximum absolute atomic E-state index is 12.0. The fraction of sp³-hybridized carbons (Fsp3) is 0.636. The number of carbonyl (C=O) groups is 1. The molecular weight excluding hydrogens is 206 g/mol. The Labute approximate surface area is 94.2 Å². The molecule has 3 N–H and O–H groups in total. The molecule has 0 aromatic carbocycles. The molecule has 1 heterocycles. The van der Waals surface area contributed by atoms with E-state index in [4.69, 9.17) is 0 Å². The molecule has 0 radical (unpaired) electrons. The van der Waals surface area contributed by atoms with Crippen molar-refractivity contribution in [2.75, 3.05) is 6.61 Å². The summed E-state index contributed by atoms with van der Waals surface area (Å²) in [4.78, 5) is 12.0. The Morgan fingerprint density at radius 2 is 2.31 bits per heavy atom. The summed E-state index contributed by atoms with van der Waals surface area (Å²) in [5.74, 6) is -0.151. The normalized spacial score (nSPS) is 18.6. The molecule has 0 spiro atoms. The highest BCUT2D eigenvalue weighted by molar-refractivity contribution is 5.95. The predicted octanol–water partition coefficient (Wildman–Crippen LogP) is 0.753. The van der Waals surface area contributed by atoms with E-state index < -0.39 is 5.54 Å². The predicted molar refractivity (Wildman–Crippen MR) is 59.1 cm³/mol. The van der Waals surface area contributed by atoms with Crippen LogP contribution < -0.4 is 5.32 Å². The Bertz CT molecular complexity index is 380. The number of carbonyl (C=O) groups excluding carboxylic acids is 1. The minimum atomic E-state index is -0.416. The summed E-state index contributed by atoms with van der Waals surface area (Å²) < 4.78 is 0. The van der Waals surface area contributed by atoms with Crippen molar-refractivity contribution in [3.63, 3.8) is 0 Å². The quantitative estimate of drug-likeness (QED) is 0.707. The summed E-state index contributed by atoms with van der Waals surface area (Å²) in [6, 6.07) is 0. The topological polar surface area (TPSA) is 78.0 Å². The van der Waals surface area contributed by atoms with Crippen molar-refractivity contribution in [1.29, 1.82) is 0 Å². The molecule has 0 saturated heterocycles. The number of amides is 1. The van der Waals surface area contributed by atoms with Gasteiger partial charge in [-0.2, -0.15) is 5.10 Å². The van der Waals surface area contributed by atoms with E-state index >= 15 is 0 Å². The number of aliphatic hydroxyl groups excluding tert-OH is 1. The van der Waals surface area contributed by atoms with Crippen molar-refractivity contribution in [3.8, 4) is 0 Å². The number of hydrogen-bond acceptors (Lipinski definition) is 3. The molecule has 5 heteroatoms. The van der Waals surface area contributed by atoms with E-state index in [9.17, 15) is 9.90 Å². The SMILES string of the molecule is Cc1[nH]ncc1C(=O)NC1(CO)CCCC1. The van der Waals surface area contributed by atoms with Crippen LogP contribution in [0.5, 0.6) is 0 Å². The van der Waals surface area contributed by atoms with E-state index in [1.54, 1.807) is 0 Å². The van der Waals surface area contributed by atoms with Crippen LogP contribution in [0.3, 0.4) is 0 Å². The van der Waals surface area contributed by atoms with Gasteiger partial charge in [-0.15, -0.1) is 0 Å². The lowest BCUT2D eigenvalue weighted by atomic mass is 9.98. The van der Waals surface area contributed by atoms with Gasteiger partial charge in [-0.25, -0.2) is 0 Å². The molecule has 1 aromatic heterocycles. The molecule has 0 unspecified atom stereocenters. The van der Waals surface area contributed by atoms with Gasteiger partial charge in [0, 0.05) is 5.69 Å². The number of aromatic nitrogens is 2. The third-order valence-corrected chi connectivity index (χ3v) is 3.32. The lowest BCUT2D eigenvalue weighted by Crippen LogP contribution is -2.49. The number of hydrogen-bond donors (Lipinski definition) is 3. The highest BCUT2D eigenvalue weighted by atomic mass is 16.3. The molecule has 1 aliphatic carbocycles. The molecule has 5 nitrogen and oxygen atoms in total. The first-order valence-corrected chi connectivity index (χ1v) is 5.60. The van der Waals surface area contributed by atoms with Crippen LogP contribution in [0.15, 0.2) is 6.20 Å². The van der Waals surface area contributed by atoms with Gasteiger partial charge < -0.3 is 10.4 Å². The first kappa shape index (κ1) is 11.1. The highest BCUT2D eigenvalue weighted by Crippen LogP contribution is 2.29. The molecule has 1 fully saturated rings. The van der Waals surface area contributed by atoms with Crippen molar-refractivity contribution >= 4 is 5.91 Å². The Hall–Kier alpha value is -1.36. The number of nitrogens with zero attached hydrogens (tertiary/aromatic N) is 1. The first-order chi connectivity index (χ1) is 7.67. The number of H-pyrrole nitrogens is 1. The van der Waals surface area contributed by atoms with Crippen LogP contribution in [0.25, 0.3) is 0 Å². The van der Waals surface area contributed by atoms with Gasteiger partial charge in [-0.3, -0.25) is 9.89 Å². The Morgan fingerprint density at radius 3 is 2.81 bits per heavy atom. The van der Waals surface area contributed by atoms with Crippen molar-refractivity contribution < 1.29 is 9.90 Å². The van der Waals surface area contributed by atoms with Gasteiger partial charge in [0.1, 0.15) is 0 Å². The zero-order valence-corrected chi connectivity index (χ0v) is 9.42. The molecule has 0 aliphatic heterocycles. The molecule has 1 saturated carbocycles. The Kier molecular flexibility index (Phi) is 2.96. The highest BCUT2D eigenvalue weighted by Gasteiger charge is 2.35. The minimum absolute atomic E-state index is 0.00956. The maximum atomic E-state index is 12.0. The molecule has 2 rings (SSSR count). The third-order valence-electron chi connectivity index (χ3n) is 3.32. The second-order valence-corrected chi connectivity index (χ2v) is 4.51. The van der Waals surface area contributed by atoms with Crippen LogP contribution in [-0.2, 0) is 0 Å². The minimum Gasteiger partial charge on any atom is -0.394 e. The number of rotatable bonds is 3. The number of nitrogens with one attached hydrogen (secondary N) is 2. The molecule has 16 heavy (non-hydrogen) atoms. The van der Waals surface area contributed by atoms with Gasteiger partial charge in [-0.05, 0) is 19.8 Å².